The minimum Gasteiger partial charge on any atom is -0.504 e. The molecule has 1 aromatic heterocycles. The molecule has 3 aromatic rings. The van der Waals surface area contributed by atoms with Gasteiger partial charge in [0.1, 0.15) is 6.61 Å². The van der Waals surface area contributed by atoms with Gasteiger partial charge in [-0.1, -0.05) is 6.07 Å². The van der Waals surface area contributed by atoms with Crippen LogP contribution in [0, 0.1) is 0 Å². The van der Waals surface area contributed by atoms with E-state index in [0.717, 1.165) is 0 Å². The predicted molar refractivity (Wildman–Crippen MR) is 92.7 cm³/mol. The van der Waals surface area contributed by atoms with Gasteiger partial charge in [-0.3, -0.25) is 0 Å². The molecule has 0 bridgehead atoms. The van der Waals surface area contributed by atoms with Gasteiger partial charge in [-0.15, -0.1) is 0 Å². The molecule has 0 radical (unpaired) electrons. The van der Waals surface area contributed by atoms with E-state index in [4.69, 9.17) is 14.2 Å². The zero-order valence-electron chi connectivity index (χ0n) is 14.1. The van der Waals surface area contributed by atoms with E-state index in [1.54, 1.807) is 18.2 Å². The number of hydrogen-bond donors (Lipinski definition) is 2. The average molecular weight is 353 g/mol. The molecule has 0 fully saturated rings. The van der Waals surface area contributed by atoms with Gasteiger partial charge >= 0.3 is 5.97 Å². The summed E-state index contributed by atoms with van der Waals surface area (Å²) in [5.41, 5.74) is 2.59. The highest BCUT2D eigenvalue weighted by atomic mass is 16.5. The second kappa shape index (κ2) is 5.80. The van der Waals surface area contributed by atoms with E-state index >= 15 is 0 Å². The summed E-state index contributed by atoms with van der Waals surface area (Å²) < 4.78 is 15.5. The van der Waals surface area contributed by atoms with E-state index < -0.39 is 5.97 Å². The Morgan fingerprint density at radius 1 is 1.00 bits per heavy atom. The maximum absolute atomic E-state index is 12.3. The fourth-order valence-corrected chi connectivity index (χ4v) is 3.16. The minimum atomic E-state index is -0.469. The van der Waals surface area contributed by atoms with E-state index in [2.05, 4.69) is 4.98 Å². The lowest BCUT2D eigenvalue weighted by Crippen LogP contribution is -2.01. The topological polar surface area (TPSA) is 98.1 Å². The number of carbonyl (C=O) groups is 1. The van der Waals surface area contributed by atoms with Crippen LogP contribution in [0.3, 0.4) is 0 Å². The number of benzene rings is 2. The molecule has 0 saturated heterocycles. The van der Waals surface area contributed by atoms with Crippen LogP contribution in [0.15, 0.2) is 30.3 Å². The number of phenolic OH excluding ortho intramolecular Hbond substituents is 2. The molecular weight excluding hydrogens is 338 g/mol. The Morgan fingerprint density at radius 2 is 1.73 bits per heavy atom. The molecule has 1 aliphatic rings. The lowest BCUT2D eigenvalue weighted by Gasteiger charge is -2.14. The Hall–Kier alpha value is -3.48. The lowest BCUT2D eigenvalue weighted by molar-refractivity contribution is 0.0534. The van der Waals surface area contributed by atoms with E-state index in [1.807, 2.05) is 0 Å². The number of aromatic hydroxyl groups is 2. The summed E-state index contributed by atoms with van der Waals surface area (Å²) in [4.78, 5) is 16.8. The van der Waals surface area contributed by atoms with Crippen LogP contribution < -0.4 is 9.47 Å². The Balaban J connectivity index is 2.12. The van der Waals surface area contributed by atoms with Gasteiger partial charge in [-0.25, -0.2) is 9.78 Å². The summed E-state index contributed by atoms with van der Waals surface area (Å²) >= 11 is 0. The first kappa shape index (κ1) is 16.0. The zero-order valence-corrected chi connectivity index (χ0v) is 14.1. The third-order valence-corrected chi connectivity index (χ3v) is 4.37. The van der Waals surface area contributed by atoms with Crippen molar-refractivity contribution in [1.82, 2.24) is 4.98 Å². The van der Waals surface area contributed by atoms with Gasteiger partial charge in [0.2, 0.25) is 0 Å². The van der Waals surface area contributed by atoms with Crippen LogP contribution in [-0.2, 0) is 11.3 Å². The molecule has 26 heavy (non-hydrogen) atoms. The molecule has 0 aliphatic carbocycles. The van der Waals surface area contributed by atoms with Crippen molar-refractivity contribution >= 4 is 16.9 Å². The van der Waals surface area contributed by atoms with Gasteiger partial charge in [0, 0.05) is 17.0 Å². The third-order valence-electron chi connectivity index (χ3n) is 4.37. The number of fused-ring (bicyclic) bond motifs is 2. The maximum Gasteiger partial charge on any atom is 0.341 e. The number of esters is 1. The minimum absolute atomic E-state index is 0.0101. The summed E-state index contributed by atoms with van der Waals surface area (Å²) in [6.07, 6.45) is 0. The molecule has 132 valence electrons. The molecule has 7 nitrogen and oxygen atoms in total. The molecule has 4 rings (SSSR count). The summed E-state index contributed by atoms with van der Waals surface area (Å²) in [5.74, 6) is 0.00963. The molecule has 1 aliphatic heterocycles. The summed E-state index contributed by atoms with van der Waals surface area (Å²) in [7, 11) is 2.89. The van der Waals surface area contributed by atoms with Crippen molar-refractivity contribution < 1.29 is 29.2 Å². The molecule has 0 spiro atoms. The molecule has 2 N–H and O–H groups in total. The zero-order chi connectivity index (χ0) is 18.4. The summed E-state index contributed by atoms with van der Waals surface area (Å²) in [6, 6.07) is 7.91. The van der Waals surface area contributed by atoms with Crippen molar-refractivity contribution in [2.24, 2.45) is 0 Å². The van der Waals surface area contributed by atoms with Crippen molar-refractivity contribution in [3.8, 4) is 34.1 Å². The molecule has 0 atom stereocenters. The van der Waals surface area contributed by atoms with Crippen molar-refractivity contribution in [2.45, 2.75) is 6.61 Å². The third kappa shape index (κ3) is 2.28. The molecular formula is C19H15NO6. The van der Waals surface area contributed by atoms with Crippen LogP contribution in [0.4, 0.5) is 0 Å². The number of aromatic nitrogens is 1. The number of phenols is 2. The monoisotopic (exact) mass is 353 g/mol. The van der Waals surface area contributed by atoms with Crippen molar-refractivity contribution in [2.75, 3.05) is 14.2 Å². The second-order valence-corrected chi connectivity index (χ2v) is 5.81. The van der Waals surface area contributed by atoms with E-state index in [0.29, 0.717) is 33.3 Å². The first-order valence-electron chi connectivity index (χ1n) is 7.81. The van der Waals surface area contributed by atoms with Gasteiger partial charge < -0.3 is 24.4 Å². The quantitative estimate of drug-likeness (QED) is 0.699. The van der Waals surface area contributed by atoms with E-state index in [1.165, 1.54) is 26.4 Å². The van der Waals surface area contributed by atoms with Crippen molar-refractivity contribution in [1.29, 1.82) is 0 Å². The smallest absolute Gasteiger partial charge is 0.341 e. The fourth-order valence-electron chi connectivity index (χ4n) is 3.16. The first-order chi connectivity index (χ1) is 12.5. The second-order valence-electron chi connectivity index (χ2n) is 5.81. The van der Waals surface area contributed by atoms with Crippen LogP contribution in [0.25, 0.3) is 22.0 Å². The van der Waals surface area contributed by atoms with Gasteiger partial charge in [0.25, 0.3) is 0 Å². The Bertz CT molecular complexity index is 1060. The molecule has 2 heterocycles. The molecule has 0 unspecified atom stereocenters. The lowest BCUT2D eigenvalue weighted by atomic mass is 9.94. The number of rotatable bonds is 3. The highest BCUT2D eigenvalue weighted by Gasteiger charge is 2.30. The number of carbonyl (C=O) groups excluding carboxylic acids is 1. The number of cyclic esters (lactones) is 1. The van der Waals surface area contributed by atoms with Crippen LogP contribution >= 0.6 is 0 Å². The normalized spacial score (nSPS) is 12.8. The Labute approximate surface area is 148 Å². The van der Waals surface area contributed by atoms with E-state index in [9.17, 15) is 15.0 Å². The number of hydrogen-bond acceptors (Lipinski definition) is 7. The largest absolute Gasteiger partial charge is 0.504 e. The van der Waals surface area contributed by atoms with Crippen LogP contribution in [0.2, 0.25) is 0 Å². The van der Waals surface area contributed by atoms with Crippen LogP contribution in [0.1, 0.15) is 16.1 Å². The first-order valence-corrected chi connectivity index (χ1v) is 7.81. The highest BCUT2D eigenvalue weighted by molar-refractivity contribution is 6.09. The Kier molecular flexibility index (Phi) is 3.57. The van der Waals surface area contributed by atoms with Gasteiger partial charge in [-0.05, 0) is 23.8 Å². The molecule has 0 saturated carbocycles. The van der Waals surface area contributed by atoms with Gasteiger partial charge in [0.05, 0.1) is 31.0 Å². The highest BCUT2D eigenvalue weighted by Crippen LogP contribution is 2.42. The van der Waals surface area contributed by atoms with Crippen LogP contribution in [0.5, 0.6) is 23.0 Å². The molecule has 2 aromatic carbocycles. The van der Waals surface area contributed by atoms with Gasteiger partial charge in [-0.2, -0.15) is 0 Å². The number of methoxy groups -OCH3 is 2. The molecule has 7 heteroatoms. The standard InChI is InChI=1S/C19H15NO6/c1-24-15-5-9(3-4-13(15)21)17-10-6-16(25-2)14(22)7-11(10)20-12-8-26-19(23)18(12)17/h3-7,21-22H,8H2,1-2H3. The number of ether oxygens (including phenoxy) is 3. The Morgan fingerprint density at radius 3 is 2.46 bits per heavy atom. The summed E-state index contributed by atoms with van der Waals surface area (Å²) in [5, 5.41) is 20.6. The average Bonchev–Trinajstić information content (AvgIpc) is 3.00. The van der Waals surface area contributed by atoms with Crippen molar-refractivity contribution in [3.05, 3.63) is 41.6 Å². The molecule has 0 amide bonds. The number of pyridine rings is 1. The number of nitrogens with zero attached hydrogens (tertiary/aromatic N) is 1. The van der Waals surface area contributed by atoms with Crippen LogP contribution in [-0.4, -0.2) is 35.4 Å². The fraction of sp³-hybridized carbons (Fsp3) is 0.158. The van der Waals surface area contributed by atoms with E-state index in [-0.39, 0.29) is 29.6 Å². The predicted octanol–water partition coefficient (Wildman–Crippen LogP) is 3.00. The van der Waals surface area contributed by atoms with Gasteiger partial charge in [0.15, 0.2) is 23.0 Å². The summed E-state index contributed by atoms with van der Waals surface area (Å²) in [6.45, 7) is 0.0686. The maximum atomic E-state index is 12.3. The van der Waals surface area contributed by atoms with Crippen molar-refractivity contribution in [3.63, 3.8) is 0 Å². The SMILES string of the molecule is COc1cc(-c2c3c(nc4cc(O)c(OC)cc24)COC3=O)ccc1O.